The van der Waals surface area contributed by atoms with Gasteiger partial charge in [-0.05, 0) is 19.1 Å². The van der Waals surface area contributed by atoms with E-state index >= 15 is 0 Å². The van der Waals surface area contributed by atoms with Crippen LogP contribution in [0, 0.1) is 0 Å². The zero-order valence-electron chi connectivity index (χ0n) is 9.11. The number of piperazine rings is 1. The number of carbonyl (C=O) groups is 1. The summed E-state index contributed by atoms with van der Waals surface area (Å²) in [5, 5.41) is 3.66. The van der Waals surface area contributed by atoms with Crippen molar-refractivity contribution in [3.05, 3.63) is 29.0 Å². The van der Waals surface area contributed by atoms with E-state index in [4.69, 9.17) is 11.6 Å². The molecule has 1 aliphatic rings. The number of hydrogen-bond donors (Lipinski definition) is 1. The second kappa shape index (κ2) is 4.80. The Labute approximate surface area is 99.6 Å². The summed E-state index contributed by atoms with van der Waals surface area (Å²) in [6.45, 7) is 4.46. The molecule has 0 saturated carbocycles. The van der Waals surface area contributed by atoms with Crippen molar-refractivity contribution in [1.82, 2.24) is 15.2 Å². The molecule has 1 amide bonds. The molecule has 0 aliphatic carbocycles. The molecule has 0 spiro atoms. The van der Waals surface area contributed by atoms with Crippen LogP contribution in [0.25, 0.3) is 0 Å². The average Bonchev–Trinajstić information content (AvgIpc) is 2.30. The van der Waals surface area contributed by atoms with Crippen molar-refractivity contribution in [2.75, 3.05) is 19.6 Å². The van der Waals surface area contributed by atoms with Crippen molar-refractivity contribution < 1.29 is 4.79 Å². The number of aromatic nitrogens is 1. The molecule has 1 fully saturated rings. The summed E-state index contributed by atoms with van der Waals surface area (Å²) in [5.74, 6) is 0.0261. The second-order valence-electron chi connectivity index (χ2n) is 3.92. The minimum absolute atomic E-state index is 0.0261. The van der Waals surface area contributed by atoms with E-state index < -0.39 is 0 Å². The molecule has 2 rings (SSSR count). The third-order valence-electron chi connectivity index (χ3n) is 2.74. The Hall–Kier alpha value is -1.13. The topological polar surface area (TPSA) is 45.2 Å². The Bertz CT molecular complexity index is 379. The molecule has 1 unspecified atom stereocenters. The van der Waals surface area contributed by atoms with Crippen LogP contribution >= 0.6 is 11.6 Å². The van der Waals surface area contributed by atoms with Gasteiger partial charge in [-0.15, -0.1) is 0 Å². The number of carbonyl (C=O) groups excluding carboxylic acids is 1. The smallest absolute Gasteiger partial charge is 0.255 e. The van der Waals surface area contributed by atoms with E-state index in [0.717, 1.165) is 19.6 Å². The molecule has 1 N–H and O–H groups in total. The first-order valence-electron chi connectivity index (χ1n) is 5.32. The largest absolute Gasteiger partial charge is 0.333 e. The highest BCUT2D eigenvalue weighted by Gasteiger charge is 2.23. The summed E-state index contributed by atoms with van der Waals surface area (Å²) in [6.07, 6.45) is 1.53. The molecular weight excluding hydrogens is 226 g/mol. The predicted molar refractivity (Wildman–Crippen MR) is 62.6 cm³/mol. The van der Waals surface area contributed by atoms with E-state index in [1.807, 2.05) is 11.8 Å². The average molecular weight is 240 g/mol. The maximum Gasteiger partial charge on any atom is 0.255 e. The molecule has 1 aliphatic heterocycles. The summed E-state index contributed by atoms with van der Waals surface area (Å²) >= 11 is 5.68. The third kappa shape index (κ3) is 2.33. The van der Waals surface area contributed by atoms with Crippen molar-refractivity contribution in [3.63, 3.8) is 0 Å². The van der Waals surface area contributed by atoms with Crippen molar-refractivity contribution in [2.45, 2.75) is 13.0 Å². The summed E-state index contributed by atoms with van der Waals surface area (Å²) in [4.78, 5) is 17.9. The molecule has 1 aromatic heterocycles. The minimum atomic E-state index is 0.0261. The summed E-state index contributed by atoms with van der Waals surface area (Å²) in [7, 11) is 0. The number of nitrogens with zero attached hydrogens (tertiary/aromatic N) is 2. The van der Waals surface area contributed by atoms with Gasteiger partial charge in [-0.2, -0.15) is 0 Å². The van der Waals surface area contributed by atoms with Crippen LogP contribution in [0.4, 0.5) is 0 Å². The monoisotopic (exact) mass is 239 g/mol. The maximum absolute atomic E-state index is 12.1. The Morgan fingerprint density at radius 2 is 2.44 bits per heavy atom. The first-order chi connectivity index (χ1) is 7.68. The lowest BCUT2D eigenvalue weighted by Gasteiger charge is -2.33. The van der Waals surface area contributed by atoms with E-state index in [-0.39, 0.29) is 11.9 Å². The molecule has 5 heteroatoms. The molecule has 2 heterocycles. The van der Waals surface area contributed by atoms with Gasteiger partial charge in [0.1, 0.15) is 5.15 Å². The number of nitrogens with one attached hydrogen (secondary N) is 1. The summed E-state index contributed by atoms with van der Waals surface area (Å²) < 4.78 is 0. The van der Waals surface area contributed by atoms with E-state index in [0.29, 0.717) is 10.7 Å². The fourth-order valence-corrected chi connectivity index (χ4v) is 1.92. The highest BCUT2D eigenvalue weighted by atomic mass is 35.5. The van der Waals surface area contributed by atoms with Crippen LogP contribution in [0.2, 0.25) is 5.15 Å². The molecule has 4 nitrogen and oxygen atoms in total. The predicted octanol–water partition coefficient (Wildman–Crippen LogP) is 1.17. The van der Waals surface area contributed by atoms with Gasteiger partial charge in [0.25, 0.3) is 5.91 Å². The number of hydrogen-bond acceptors (Lipinski definition) is 3. The molecular formula is C11H14ClN3O. The van der Waals surface area contributed by atoms with E-state index in [2.05, 4.69) is 10.3 Å². The van der Waals surface area contributed by atoms with Crippen LogP contribution in [0.5, 0.6) is 0 Å². The fourth-order valence-electron chi connectivity index (χ4n) is 1.81. The third-order valence-corrected chi connectivity index (χ3v) is 2.96. The van der Waals surface area contributed by atoms with Crippen LogP contribution in [0.15, 0.2) is 18.3 Å². The quantitative estimate of drug-likeness (QED) is 0.749. The molecule has 0 aromatic carbocycles. The van der Waals surface area contributed by atoms with Gasteiger partial charge >= 0.3 is 0 Å². The zero-order valence-corrected chi connectivity index (χ0v) is 9.87. The second-order valence-corrected chi connectivity index (χ2v) is 4.31. The minimum Gasteiger partial charge on any atom is -0.333 e. The van der Waals surface area contributed by atoms with Gasteiger partial charge in [0.2, 0.25) is 0 Å². The van der Waals surface area contributed by atoms with Crippen LogP contribution in [-0.2, 0) is 0 Å². The summed E-state index contributed by atoms with van der Waals surface area (Å²) in [5.41, 5.74) is 0.596. The lowest BCUT2D eigenvalue weighted by atomic mass is 10.1. The highest BCUT2D eigenvalue weighted by Crippen LogP contribution is 2.11. The van der Waals surface area contributed by atoms with E-state index in [9.17, 15) is 4.79 Å². The van der Waals surface area contributed by atoms with Gasteiger partial charge in [0.05, 0.1) is 5.56 Å². The van der Waals surface area contributed by atoms with Crippen LogP contribution in [0.3, 0.4) is 0 Å². The zero-order chi connectivity index (χ0) is 11.5. The molecule has 1 aromatic rings. The van der Waals surface area contributed by atoms with E-state index in [1.54, 1.807) is 12.1 Å². The van der Waals surface area contributed by atoms with Crippen LogP contribution in [0.1, 0.15) is 17.3 Å². The van der Waals surface area contributed by atoms with Crippen LogP contribution < -0.4 is 5.32 Å². The Morgan fingerprint density at radius 3 is 3.06 bits per heavy atom. The molecule has 1 saturated heterocycles. The maximum atomic E-state index is 12.1. The molecule has 86 valence electrons. The van der Waals surface area contributed by atoms with Crippen molar-refractivity contribution in [2.24, 2.45) is 0 Å². The first-order valence-corrected chi connectivity index (χ1v) is 5.69. The Morgan fingerprint density at radius 1 is 1.62 bits per heavy atom. The van der Waals surface area contributed by atoms with Crippen molar-refractivity contribution in [3.8, 4) is 0 Å². The summed E-state index contributed by atoms with van der Waals surface area (Å²) in [6, 6.07) is 3.57. The number of amides is 1. The van der Waals surface area contributed by atoms with Gasteiger partial charge in [-0.25, -0.2) is 4.98 Å². The van der Waals surface area contributed by atoms with Crippen molar-refractivity contribution in [1.29, 1.82) is 0 Å². The van der Waals surface area contributed by atoms with Gasteiger partial charge in [0, 0.05) is 31.9 Å². The van der Waals surface area contributed by atoms with Gasteiger partial charge in [-0.1, -0.05) is 11.6 Å². The Balaban J connectivity index is 2.14. The van der Waals surface area contributed by atoms with Gasteiger partial charge < -0.3 is 10.2 Å². The van der Waals surface area contributed by atoms with Crippen LogP contribution in [-0.4, -0.2) is 41.5 Å². The van der Waals surface area contributed by atoms with Crippen molar-refractivity contribution >= 4 is 17.5 Å². The molecule has 1 atom stereocenters. The molecule has 0 bridgehead atoms. The van der Waals surface area contributed by atoms with Gasteiger partial charge in [0.15, 0.2) is 0 Å². The van der Waals surface area contributed by atoms with E-state index in [1.165, 1.54) is 6.20 Å². The number of pyridine rings is 1. The normalized spacial score (nSPS) is 20.9. The van der Waals surface area contributed by atoms with Gasteiger partial charge in [-0.3, -0.25) is 4.79 Å². The number of rotatable bonds is 1. The molecule has 0 radical (unpaired) electrons. The lowest BCUT2D eigenvalue weighted by molar-refractivity contribution is 0.0655. The lowest BCUT2D eigenvalue weighted by Crippen LogP contribution is -2.52. The fraction of sp³-hybridized carbons (Fsp3) is 0.455. The Kier molecular flexibility index (Phi) is 3.41. The highest BCUT2D eigenvalue weighted by molar-refractivity contribution is 6.29. The molecule has 16 heavy (non-hydrogen) atoms. The SMILES string of the molecule is CC1CNCCN1C(=O)c1ccc(Cl)nc1. The standard InChI is InChI=1S/C11H14ClN3O/c1-8-6-13-4-5-15(8)11(16)9-2-3-10(12)14-7-9/h2-3,7-8,13H,4-6H2,1H3. The first kappa shape index (κ1) is 11.4. The number of halogens is 1.